The van der Waals surface area contributed by atoms with Crippen LogP contribution in [-0.2, 0) is 20.1 Å². The van der Waals surface area contributed by atoms with Crippen LogP contribution in [-0.4, -0.2) is 26.1 Å². The van der Waals surface area contributed by atoms with Gasteiger partial charge in [0.25, 0.3) is 0 Å². The molecule has 98 valence electrons. The second-order valence-corrected chi connectivity index (χ2v) is 4.59. The number of nitrogens with one attached hydrogen (secondary N) is 1. The van der Waals surface area contributed by atoms with E-state index >= 15 is 0 Å². The third kappa shape index (κ3) is 2.61. The molecule has 0 aliphatic rings. The predicted molar refractivity (Wildman–Crippen MR) is 71.4 cm³/mol. The van der Waals surface area contributed by atoms with E-state index in [1.165, 1.54) is 17.0 Å². The number of aromatic nitrogens is 4. The Labute approximate surface area is 108 Å². The maximum Gasteiger partial charge on any atom is 0.0831 e. The lowest BCUT2D eigenvalue weighted by Crippen LogP contribution is -2.13. The van der Waals surface area contributed by atoms with E-state index in [0.717, 1.165) is 25.3 Å². The molecule has 0 radical (unpaired) electrons. The molecule has 5 nitrogen and oxygen atoms in total. The SMILES string of the molecule is CCNCc1cnn(Cc2cc(C)nn2C)c1C. The van der Waals surface area contributed by atoms with Crippen molar-refractivity contribution in [3.05, 3.63) is 34.9 Å². The Balaban J connectivity index is 2.14. The highest BCUT2D eigenvalue weighted by Gasteiger charge is 2.08. The van der Waals surface area contributed by atoms with Crippen molar-refractivity contribution in [2.75, 3.05) is 6.54 Å². The van der Waals surface area contributed by atoms with Gasteiger partial charge in [0.2, 0.25) is 0 Å². The Morgan fingerprint density at radius 2 is 2.11 bits per heavy atom. The van der Waals surface area contributed by atoms with Crippen molar-refractivity contribution >= 4 is 0 Å². The van der Waals surface area contributed by atoms with Crippen LogP contribution in [0.25, 0.3) is 0 Å². The Bertz CT molecular complexity index is 523. The summed E-state index contributed by atoms with van der Waals surface area (Å²) in [4.78, 5) is 0. The molecule has 0 saturated carbocycles. The van der Waals surface area contributed by atoms with E-state index in [0.29, 0.717) is 0 Å². The molecule has 0 unspecified atom stereocenters. The number of hydrogen-bond acceptors (Lipinski definition) is 3. The molecule has 2 rings (SSSR count). The molecule has 0 atom stereocenters. The topological polar surface area (TPSA) is 47.7 Å². The van der Waals surface area contributed by atoms with E-state index in [1.54, 1.807) is 0 Å². The summed E-state index contributed by atoms with van der Waals surface area (Å²) in [5, 5.41) is 12.1. The zero-order chi connectivity index (χ0) is 13.1. The quantitative estimate of drug-likeness (QED) is 0.868. The van der Waals surface area contributed by atoms with Crippen molar-refractivity contribution in [3.63, 3.8) is 0 Å². The summed E-state index contributed by atoms with van der Waals surface area (Å²) in [6, 6.07) is 2.10. The Hall–Kier alpha value is -1.62. The fourth-order valence-electron chi connectivity index (χ4n) is 2.04. The van der Waals surface area contributed by atoms with Gasteiger partial charge in [0.15, 0.2) is 0 Å². The maximum absolute atomic E-state index is 4.45. The van der Waals surface area contributed by atoms with E-state index in [2.05, 4.69) is 35.4 Å². The van der Waals surface area contributed by atoms with Crippen LogP contribution >= 0.6 is 0 Å². The van der Waals surface area contributed by atoms with E-state index in [9.17, 15) is 0 Å². The smallest absolute Gasteiger partial charge is 0.0831 e. The first-order chi connectivity index (χ1) is 8.61. The van der Waals surface area contributed by atoms with Crippen molar-refractivity contribution in [3.8, 4) is 0 Å². The van der Waals surface area contributed by atoms with Crippen molar-refractivity contribution in [1.82, 2.24) is 24.9 Å². The molecule has 2 aromatic heterocycles. The van der Waals surface area contributed by atoms with E-state index in [-0.39, 0.29) is 0 Å². The third-order valence-corrected chi connectivity index (χ3v) is 3.18. The second kappa shape index (κ2) is 5.35. The van der Waals surface area contributed by atoms with Gasteiger partial charge < -0.3 is 5.32 Å². The minimum Gasteiger partial charge on any atom is -0.313 e. The molecule has 0 aliphatic heterocycles. The van der Waals surface area contributed by atoms with Crippen LogP contribution in [0.1, 0.15) is 29.6 Å². The largest absolute Gasteiger partial charge is 0.313 e. The van der Waals surface area contributed by atoms with E-state index in [4.69, 9.17) is 0 Å². The lowest BCUT2D eigenvalue weighted by Gasteiger charge is -2.06. The molecular weight excluding hydrogens is 226 g/mol. The summed E-state index contributed by atoms with van der Waals surface area (Å²) in [6.45, 7) is 8.87. The summed E-state index contributed by atoms with van der Waals surface area (Å²) < 4.78 is 3.95. The summed E-state index contributed by atoms with van der Waals surface area (Å²) in [7, 11) is 1.97. The highest BCUT2D eigenvalue weighted by Crippen LogP contribution is 2.10. The summed E-state index contributed by atoms with van der Waals surface area (Å²) in [5.74, 6) is 0. The van der Waals surface area contributed by atoms with Crippen LogP contribution in [0.15, 0.2) is 12.3 Å². The molecule has 2 heterocycles. The molecule has 0 spiro atoms. The average Bonchev–Trinajstić information content (AvgIpc) is 2.82. The van der Waals surface area contributed by atoms with Gasteiger partial charge in [-0.2, -0.15) is 10.2 Å². The van der Waals surface area contributed by atoms with Crippen molar-refractivity contribution in [2.24, 2.45) is 7.05 Å². The van der Waals surface area contributed by atoms with Gasteiger partial charge in [-0.3, -0.25) is 9.36 Å². The molecular formula is C13H21N5. The molecule has 0 fully saturated rings. The number of rotatable bonds is 5. The van der Waals surface area contributed by atoms with Crippen molar-refractivity contribution in [1.29, 1.82) is 0 Å². The number of nitrogens with zero attached hydrogens (tertiary/aromatic N) is 4. The second-order valence-electron chi connectivity index (χ2n) is 4.59. The Morgan fingerprint density at radius 3 is 2.72 bits per heavy atom. The summed E-state index contributed by atoms with van der Waals surface area (Å²) in [6.07, 6.45) is 1.95. The van der Waals surface area contributed by atoms with E-state index in [1.807, 2.05) is 29.5 Å². The first kappa shape index (κ1) is 12.8. The van der Waals surface area contributed by atoms with Gasteiger partial charge in [-0.05, 0) is 26.5 Å². The fourth-order valence-corrected chi connectivity index (χ4v) is 2.04. The highest BCUT2D eigenvalue weighted by molar-refractivity contribution is 5.18. The Kier molecular flexibility index (Phi) is 3.81. The van der Waals surface area contributed by atoms with Gasteiger partial charge in [-0.25, -0.2) is 0 Å². The summed E-state index contributed by atoms with van der Waals surface area (Å²) in [5.41, 5.74) is 4.70. The van der Waals surface area contributed by atoms with Crippen LogP contribution in [0.4, 0.5) is 0 Å². The molecule has 1 N–H and O–H groups in total. The first-order valence-corrected chi connectivity index (χ1v) is 6.33. The minimum atomic E-state index is 0.773. The molecule has 0 amide bonds. The molecule has 0 bridgehead atoms. The van der Waals surface area contributed by atoms with Crippen LogP contribution < -0.4 is 5.32 Å². The molecule has 0 aliphatic carbocycles. The monoisotopic (exact) mass is 247 g/mol. The molecule has 0 saturated heterocycles. The van der Waals surface area contributed by atoms with Crippen molar-refractivity contribution in [2.45, 2.75) is 33.9 Å². The van der Waals surface area contributed by atoms with Gasteiger partial charge in [0, 0.05) is 24.8 Å². The summed E-state index contributed by atoms with van der Waals surface area (Å²) >= 11 is 0. The lowest BCUT2D eigenvalue weighted by atomic mass is 10.2. The zero-order valence-electron chi connectivity index (χ0n) is 11.6. The minimum absolute atomic E-state index is 0.773. The molecule has 5 heteroatoms. The first-order valence-electron chi connectivity index (χ1n) is 6.33. The molecule has 18 heavy (non-hydrogen) atoms. The van der Waals surface area contributed by atoms with Gasteiger partial charge in [0.1, 0.15) is 0 Å². The molecule has 0 aromatic carbocycles. The van der Waals surface area contributed by atoms with Gasteiger partial charge in [-0.1, -0.05) is 6.92 Å². The molecule has 2 aromatic rings. The lowest BCUT2D eigenvalue weighted by molar-refractivity contribution is 0.604. The van der Waals surface area contributed by atoms with Crippen LogP contribution in [0, 0.1) is 13.8 Å². The van der Waals surface area contributed by atoms with E-state index < -0.39 is 0 Å². The van der Waals surface area contributed by atoms with Gasteiger partial charge in [-0.15, -0.1) is 0 Å². The highest BCUT2D eigenvalue weighted by atomic mass is 15.3. The standard InChI is InChI=1S/C13H21N5/c1-5-14-7-12-8-15-18(11(12)3)9-13-6-10(2)16-17(13)4/h6,8,14H,5,7,9H2,1-4H3. The third-order valence-electron chi connectivity index (χ3n) is 3.18. The van der Waals surface area contributed by atoms with Crippen LogP contribution in [0.3, 0.4) is 0 Å². The Morgan fingerprint density at radius 1 is 1.33 bits per heavy atom. The average molecular weight is 247 g/mol. The zero-order valence-corrected chi connectivity index (χ0v) is 11.6. The predicted octanol–water partition coefficient (Wildman–Crippen LogP) is 1.39. The normalized spacial score (nSPS) is 11.1. The maximum atomic E-state index is 4.45. The van der Waals surface area contributed by atoms with Crippen LogP contribution in [0.2, 0.25) is 0 Å². The fraction of sp³-hybridized carbons (Fsp3) is 0.538. The van der Waals surface area contributed by atoms with Gasteiger partial charge in [0.05, 0.1) is 24.1 Å². The number of aryl methyl sites for hydroxylation is 2. The number of hydrogen-bond donors (Lipinski definition) is 1. The van der Waals surface area contributed by atoms with Crippen molar-refractivity contribution < 1.29 is 0 Å². The van der Waals surface area contributed by atoms with Crippen LogP contribution in [0.5, 0.6) is 0 Å². The van der Waals surface area contributed by atoms with Gasteiger partial charge >= 0.3 is 0 Å².